The zero-order chi connectivity index (χ0) is 39.4. The van der Waals surface area contributed by atoms with E-state index in [0.717, 1.165) is 80.7 Å². The maximum absolute atomic E-state index is 12.8. The van der Waals surface area contributed by atoms with Gasteiger partial charge < -0.3 is 34.4 Å². The van der Waals surface area contributed by atoms with E-state index in [2.05, 4.69) is 15.5 Å². The number of para-hydroxylation sites is 1. The molecule has 1 saturated heterocycles. The van der Waals surface area contributed by atoms with Crippen molar-refractivity contribution in [3.8, 4) is 11.1 Å². The van der Waals surface area contributed by atoms with Crippen molar-refractivity contribution in [3.63, 3.8) is 0 Å². The van der Waals surface area contributed by atoms with E-state index in [1.807, 2.05) is 90.8 Å². The van der Waals surface area contributed by atoms with Gasteiger partial charge in [-0.25, -0.2) is 4.79 Å². The quantitative estimate of drug-likeness (QED) is 0.132. The summed E-state index contributed by atoms with van der Waals surface area (Å²) in [4.78, 5) is 57.6. The van der Waals surface area contributed by atoms with E-state index in [-0.39, 0.29) is 30.4 Å². The Bertz CT molecular complexity index is 1630. The minimum absolute atomic E-state index is 0.0408. The average Bonchev–Trinajstić information content (AvgIpc) is 3.20. The predicted molar refractivity (Wildman–Crippen MR) is 217 cm³/mol. The number of piperidine rings is 1. The van der Waals surface area contributed by atoms with Gasteiger partial charge in [0.15, 0.2) is 0 Å². The zero-order valence-corrected chi connectivity index (χ0v) is 33.1. The number of likely N-dealkylation sites (tertiary alicyclic amines) is 1. The molecule has 3 aromatic rings. The van der Waals surface area contributed by atoms with Crippen molar-refractivity contribution in [2.75, 3.05) is 86.0 Å². The number of nitrogens with zero attached hydrogens (tertiary/aromatic N) is 4. The van der Waals surface area contributed by atoms with Gasteiger partial charge in [0.2, 0.25) is 11.8 Å². The molecule has 12 nitrogen and oxygen atoms in total. The second-order valence-electron chi connectivity index (χ2n) is 14.3. The van der Waals surface area contributed by atoms with Gasteiger partial charge in [0.25, 0.3) is 5.91 Å². The Hall–Kier alpha value is -4.78. The van der Waals surface area contributed by atoms with Crippen molar-refractivity contribution in [2.24, 2.45) is 0 Å². The molecular formula is C43H60N6O6. The second kappa shape index (κ2) is 23.2. The van der Waals surface area contributed by atoms with Crippen molar-refractivity contribution in [1.29, 1.82) is 0 Å². The maximum atomic E-state index is 12.8. The summed E-state index contributed by atoms with van der Waals surface area (Å²) in [6.07, 6.45) is 5.02. The van der Waals surface area contributed by atoms with E-state index in [4.69, 9.17) is 9.47 Å². The summed E-state index contributed by atoms with van der Waals surface area (Å²) < 4.78 is 10.7. The lowest BCUT2D eigenvalue weighted by Crippen LogP contribution is -2.42. The maximum Gasteiger partial charge on any atom is 0.411 e. The molecule has 0 saturated carbocycles. The number of hydrogen-bond donors (Lipinski definition) is 2. The summed E-state index contributed by atoms with van der Waals surface area (Å²) in [6.45, 7) is 5.89. The van der Waals surface area contributed by atoms with Crippen LogP contribution in [0.3, 0.4) is 0 Å². The third-order valence-electron chi connectivity index (χ3n) is 10.0. The molecule has 0 spiro atoms. The Morgan fingerprint density at radius 1 is 0.745 bits per heavy atom. The van der Waals surface area contributed by atoms with E-state index < -0.39 is 6.09 Å². The number of nitrogens with one attached hydrogen (secondary N) is 2. The van der Waals surface area contributed by atoms with E-state index >= 15 is 0 Å². The van der Waals surface area contributed by atoms with Gasteiger partial charge in [-0.15, -0.1) is 0 Å². The lowest BCUT2D eigenvalue weighted by molar-refractivity contribution is -0.134. The molecule has 4 rings (SSSR count). The number of hydrogen-bond acceptors (Lipinski definition) is 8. The van der Waals surface area contributed by atoms with Crippen LogP contribution in [0, 0.1) is 0 Å². The molecule has 1 fully saturated rings. The molecule has 2 N–H and O–H groups in total. The highest BCUT2D eigenvalue weighted by atomic mass is 16.6. The first kappa shape index (κ1) is 43.0. The topological polar surface area (TPSA) is 124 Å². The Labute approximate surface area is 327 Å². The summed E-state index contributed by atoms with van der Waals surface area (Å²) in [5, 5.41) is 6.39. The molecule has 4 amide bonds. The van der Waals surface area contributed by atoms with E-state index in [1.165, 1.54) is 7.11 Å². The first-order valence-electron chi connectivity index (χ1n) is 19.5. The van der Waals surface area contributed by atoms with Crippen molar-refractivity contribution in [2.45, 2.75) is 57.6 Å². The van der Waals surface area contributed by atoms with Gasteiger partial charge in [0.05, 0.1) is 5.69 Å². The molecule has 0 atom stereocenters. The number of likely N-dealkylation sites (N-methyl/N-ethyl adjacent to an activating group) is 2. The Morgan fingerprint density at radius 3 is 2.15 bits per heavy atom. The fourth-order valence-corrected chi connectivity index (χ4v) is 6.54. The number of carbonyl (C=O) groups is 4. The van der Waals surface area contributed by atoms with Crippen LogP contribution in [0.1, 0.15) is 60.9 Å². The van der Waals surface area contributed by atoms with E-state index in [1.54, 1.807) is 23.9 Å². The van der Waals surface area contributed by atoms with Gasteiger partial charge in [0, 0.05) is 91.6 Å². The Kier molecular flexibility index (Phi) is 18.1. The smallest absolute Gasteiger partial charge is 0.411 e. The first-order chi connectivity index (χ1) is 26.6. The van der Waals surface area contributed by atoms with Crippen LogP contribution in [-0.2, 0) is 25.6 Å². The predicted octanol–water partition coefficient (Wildman–Crippen LogP) is 5.74. The number of carbonyl (C=O) groups excluding carboxylic acids is 4. The zero-order valence-electron chi connectivity index (χ0n) is 33.1. The number of ether oxygens (including phenoxy) is 2. The molecule has 0 bridgehead atoms. The molecular weight excluding hydrogens is 697 g/mol. The highest BCUT2D eigenvalue weighted by Gasteiger charge is 2.23. The van der Waals surface area contributed by atoms with E-state index in [0.29, 0.717) is 44.6 Å². The summed E-state index contributed by atoms with van der Waals surface area (Å²) in [5.41, 5.74) is 4.46. The minimum Gasteiger partial charge on any atom is -0.446 e. The fourth-order valence-electron chi connectivity index (χ4n) is 6.54. The van der Waals surface area contributed by atoms with Crippen LogP contribution in [0.5, 0.6) is 0 Å². The van der Waals surface area contributed by atoms with Gasteiger partial charge in [-0.1, -0.05) is 67.1 Å². The minimum atomic E-state index is -0.432. The van der Waals surface area contributed by atoms with Crippen molar-refractivity contribution in [3.05, 3.63) is 90.0 Å². The lowest BCUT2D eigenvalue weighted by atomic mass is 10.0. The average molecular weight is 757 g/mol. The standard InChI is InChI=1S/C43H60N6O6/c1-46(41(51)33-54-4)26-13-27-48(3)42(52)36-21-19-34(20-22-36)32-44-25-12-6-9-18-40(50)47(2)30-31-49-28-23-37(24-29-49)55-43(53)45-39-17-11-10-16-38(39)35-14-7-5-8-15-35/h5,7-8,10-11,14-17,19-22,37,44H,6,9,12-13,18,23-33H2,1-4H3,(H,45,53). The fraction of sp³-hybridized carbons (Fsp3) is 0.488. The number of rotatable bonds is 21. The molecule has 0 unspecified atom stereocenters. The molecule has 0 radical (unpaired) electrons. The molecule has 0 aliphatic carbocycles. The molecule has 298 valence electrons. The molecule has 55 heavy (non-hydrogen) atoms. The number of benzene rings is 3. The van der Waals surface area contributed by atoms with Crippen LogP contribution in [0.2, 0.25) is 0 Å². The van der Waals surface area contributed by atoms with Crippen LogP contribution in [0.25, 0.3) is 11.1 Å². The van der Waals surface area contributed by atoms with Gasteiger partial charge in [0.1, 0.15) is 12.7 Å². The summed E-state index contributed by atoms with van der Waals surface area (Å²) in [7, 11) is 6.89. The van der Waals surface area contributed by atoms with Crippen LogP contribution < -0.4 is 10.6 Å². The third-order valence-corrected chi connectivity index (χ3v) is 10.0. The Balaban J connectivity index is 1.01. The first-order valence-corrected chi connectivity index (χ1v) is 19.5. The number of amides is 4. The largest absolute Gasteiger partial charge is 0.446 e. The van der Waals surface area contributed by atoms with Crippen LogP contribution in [0.15, 0.2) is 78.9 Å². The molecule has 0 aromatic heterocycles. The monoisotopic (exact) mass is 756 g/mol. The van der Waals surface area contributed by atoms with Gasteiger partial charge in [-0.05, 0) is 68.0 Å². The summed E-state index contributed by atoms with van der Waals surface area (Å²) in [6, 6.07) is 25.4. The number of unbranched alkanes of at least 4 members (excludes halogenated alkanes) is 2. The highest BCUT2D eigenvalue weighted by Crippen LogP contribution is 2.28. The lowest BCUT2D eigenvalue weighted by Gasteiger charge is -2.32. The number of anilines is 1. The van der Waals surface area contributed by atoms with Crippen molar-refractivity contribution >= 4 is 29.5 Å². The second-order valence-corrected chi connectivity index (χ2v) is 14.3. The van der Waals surface area contributed by atoms with Crippen LogP contribution in [-0.4, -0.2) is 130 Å². The summed E-state index contributed by atoms with van der Waals surface area (Å²) >= 11 is 0. The normalized spacial score (nSPS) is 13.2. The Morgan fingerprint density at radius 2 is 1.42 bits per heavy atom. The SMILES string of the molecule is COCC(=O)N(C)CCCN(C)C(=O)c1ccc(CNCCCCCC(=O)N(C)CCN2CCC(OC(=O)Nc3ccccc3-c3ccccc3)CC2)cc1. The van der Waals surface area contributed by atoms with Crippen molar-refractivity contribution < 1.29 is 28.7 Å². The molecule has 1 aliphatic rings. The molecule has 1 heterocycles. The highest BCUT2D eigenvalue weighted by molar-refractivity contribution is 5.94. The molecule has 1 aliphatic heterocycles. The van der Waals surface area contributed by atoms with Gasteiger partial charge in [-0.2, -0.15) is 0 Å². The van der Waals surface area contributed by atoms with Crippen LogP contribution >= 0.6 is 0 Å². The molecule has 3 aromatic carbocycles. The molecule has 12 heteroatoms. The van der Waals surface area contributed by atoms with Crippen molar-refractivity contribution in [1.82, 2.24) is 24.9 Å². The van der Waals surface area contributed by atoms with Gasteiger partial charge in [-0.3, -0.25) is 19.7 Å². The third kappa shape index (κ3) is 14.8. The van der Waals surface area contributed by atoms with Crippen LogP contribution in [0.4, 0.5) is 10.5 Å². The number of methoxy groups -OCH3 is 1. The van der Waals surface area contributed by atoms with Gasteiger partial charge >= 0.3 is 6.09 Å². The summed E-state index contributed by atoms with van der Waals surface area (Å²) in [5.74, 6) is 0.0542. The van der Waals surface area contributed by atoms with E-state index in [9.17, 15) is 19.2 Å².